The van der Waals surface area contributed by atoms with Crippen molar-refractivity contribution in [1.29, 1.82) is 5.41 Å². The summed E-state index contributed by atoms with van der Waals surface area (Å²) in [6.07, 6.45) is 9.13. The highest BCUT2D eigenvalue weighted by Gasteiger charge is 2.11. The summed E-state index contributed by atoms with van der Waals surface area (Å²) in [7, 11) is 1.75. The van der Waals surface area contributed by atoms with Crippen LogP contribution >= 0.6 is 0 Å². The van der Waals surface area contributed by atoms with Crippen LogP contribution in [0.25, 0.3) is 0 Å². The first-order valence-corrected chi connectivity index (χ1v) is 8.33. The topological polar surface area (TPSA) is 101 Å². The van der Waals surface area contributed by atoms with Gasteiger partial charge in [0, 0.05) is 20.0 Å². The first kappa shape index (κ1) is 20.6. The number of rotatable bonds is 11. The van der Waals surface area contributed by atoms with Gasteiger partial charge in [0.15, 0.2) is 0 Å². The van der Waals surface area contributed by atoms with Crippen LogP contribution in [0.4, 0.5) is 10.2 Å². The average Bonchev–Trinajstić information content (AvgIpc) is 2.62. The zero-order valence-electron chi connectivity index (χ0n) is 14.5. The van der Waals surface area contributed by atoms with Gasteiger partial charge in [0.1, 0.15) is 17.5 Å². The third kappa shape index (κ3) is 8.25. The summed E-state index contributed by atoms with van der Waals surface area (Å²) in [6.45, 7) is 0.600. The lowest BCUT2D eigenvalue weighted by atomic mass is 10.1. The van der Waals surface area contributed by atoms with E-state index in [1.54, 1.807) is 35.8 Å². The number of halogens is 1. The Hall–Kier alpha value is -2.48. The number of amidine groups is 1. The molecule has 138 valence electrons. The standard InChI is InChI=1S/C17H26FN5O2/c1-20-11-10-15(19)23(16-9-8-14(18)13-21-16)12-6-4-2-3-5-7-17(24)22-25/h8-11,13,19-20,25H,2-7,12H2,1H3,(H,22,24)/b11-10-,19-15?. The first-order valence-electron chi connectivity index (χ1n) is 8.33. The normalized spacial score (nSPS) is 10.7. The van der Waals surface area contributed by atoms with Gasteiger partial charge in [-0.1, -0.05) is 19.3 Å². The molecule has 0 saturated carbocycles. The zero-order valence-corrected chi connectivity index (χ0v) is 14.5. The molecule has 0 unspecified atom stereocenters. The number of pyridine rings is 1. The number of hydrogen-bond acceptors (Lipinski definition) is 5. The molecule has 1 rings (SSSR count). The molecule has 4 N–H and O–H groups in total. The average molecular weight is 351 g/mol. The van der Waals surface area contributed by atoms with Crippen LogP contribution in [0.2, 0.25) is 0 Å². The maximum atomic E-state index is 13.1. The van der Waals surface area contributed by atoms with E-state index in [1.165, 1.54) is 6.07 Å². The summed E-state index contributed by atoms with van der Waals surface area (Å²) in [5, 5.41) is 19.4. The molecule has 8 heteroatoms. The van der Waals surface area contributed by atoms with Crippen LogP contribution in [0.15, 0.2) is 30.6 Å². The minimum Gasteiger partial charge on any atom is -0.394 e. The SMILES string of the molecule is CN/C=C\C(=N)N(CCCCCCCC(=O)NO)c1ccc(F)cn1. The molecule has 0 bridgehead atoms. The molecule has 0 spiro atoms. The van der Waals surface area contributed by atoms with Crippen molar-refractivity contribution < 1.29 is 14.4 Å². The van der Waals surface area contributed by atoms with E-state index in [9.17, 15) is 9.18 Å². The van der Waals surface area contributed by atoms with Gasteiger partial charge in [-0.25, -0.2) is 14.9 Å². The lowest BCUT2D eigenvalue weighted by Gasteiger charge is -2.22. The van der Waals surface area contributed by atoms with E-state index in [1.807, 2.05) is 0 Å². The fourth-order valence-corrected chi connectivity index (χ4v) is 2.28. The number of nitrogens with one attached hydrogen (secondary N) is 3. The third-order valence-electron chi connectivity index (χ3n) is 3.60. The summed E-state index contributed by atoms with van der Waals surface area (Å²) in [5.74, 6) is 0.0334. The molecule has 0 radical (unpaired) electrons. The Bertz CT molecular complexity index is 563. The van der Waals surface area contributed by atoms with E-state index in [-0.39, 0.29) is 11.7 Å². The molecule has 0 saturated heterocycles. The van der Waals surface area contributed by atoms with Gasteiger partial charge in [0.2, 0.25) is 5.91 Å². The Morgan fingerprint density at radius 1 is 1.32 bits per heavy atom. The van der Waals surface area contributed by atoms with Crippen molar-refractivity contribution in [2.45, 2.75) is 38.5 Å². The predicted molar refractivity (Wildman–Crippen MR) is 95.1 cm³/mol. The summed E-state index contributed by atoms with van der Waals surface area (Å²) >= 11 is 0. The molecule has 0 aliphatic rings. The molecule has 7 nitrogen and oxygen atoms in total. The molecule has 0 aliphatic heterocycles. The van der Waals surface area contributed by atoms with Gasteiger partial charge in [-0.15, -0.1) is 0 Å². The van der Waals surface area contributed by atoms with Crippen LogP contribution in [0, 0.1) is 11.2 Å². The third-order valence-corrected chi connectivity index (χ3v) is 3.60. The lowest BCUT2D eigenvalue weighted by Crippen LogP contribution is -2.31. The van der Waals surface area contributed by atoms with Crippen LogP contribution in [0.3, 0.4) is 0 Å². The number of hydrogen-bond donors (Lipinski definition) is 4. The molecule has 0 aliphatic carbocycles. The molecular formula is C17H26FN5O2. The zero-order chi connectivity index (χ0) is 18.5. The molecule has 1 aromatic heterocycles. The number of anilines is 1. The molecule has 1 amide bonds. The van der Waals surface area contributed by atoms with Gasteiger partial charge >= 0.3 is 0 Å². The highest BCUT2D eigenvalue weighted by atomic mass is 19.1. The van der Waals surface area contributed by atoms with E-state index < -0.39 is 5.82 Å². The van der Waals surface area contributed by atoms with Crippen molar-refractivity contribution >= 4 is 17.6 Å². The number of hydroxylamine groups is 1. The van der Waals surface area contributed by atoms with E-state index in [0.29, 0.717) is 18.8 Å². The number of amides is 1. The Morgan fingerprint density at radius 3 is 2.68 bits per heavy atom. The van der Waals surface area contributed by atoms with Gasteiger partial charge in [0.05, 0.1) is 6.20 Å². The van der Waals surface area contributed by atoms with Gasteiger partial charge in [-0.3, -0.25) is 15.4 Å². The van der Waals surface area contributed by atoms with Crippen molar-refractivity contribution in [3.63, 3.8) is 0 Å². The predicted octanol–water partition coefficient (Wildman–Crippen LogP) is 2.58. The Kier molecular flexibility index (Phi) is 9.84. The molecule has 0 fully saturated rings. The van der Waals surface area contributed by atoms with E-state index in [2.05, 4.69) is 10.3 Å². The van der Waals surface area contributed by atoms with Crippen molar-refractivity contribution in [2.75, 3.05) is 18.5 Å². The number of nitrogens with zero attached hydrogens (tertiary/aromatic N) is 2. The summed E-state index contributed by atoms with van der Waals surface area (Å²) in [4.78, 5) is 16.7. The van der Waals surface area contributed by atoms with Crippen molar-refractivity contribution in [1.82, 2.24) is 15.8 Å². The Balaban J connectivity index is 2.46. The highest BCUT2D eigenvalue weighted by Crippen LogP contribution is 2.14. The minimum absolute atomic E-state index is 0.271. The highest BCUT2D eigenvalue weighted by molar-refractivity contribution is 6.02. The summed E-state index contributed by atoms with van der Waals surface area (Å²) < 4.78 is 13.1. The second-order valence-corrected chi connectivity index (χ2v) is 5.55. The quantitative estimate of drug-likeness (QED) is 0.161. The molecule has 1 aromatic rings. The van der Waals surface area contributed by atoms with E-state index >= 15 is 0 Å². The molecule has 1 heterocycles. The van der Waals surface area contributed by atoms with Gasteiger partial charge in [-0.05, 0) is 37.3 Å². The molecule has 0 atom stereocenters. The van der Waals surface area contributed by atoms with Crippen molar-refractivity contribution in [3.8, 4) is 0 Å². The van der Waals surface area contributed by atoms with Crippen molar-refractivity contribution in [2.24, 2.45) is 0 Å². The second kappa shape index (κ2) is 12.0. The maximum absolute atomic E-state index is 13.1. The van der Waals surface area contributed by atoms with Crippen LogP contribution < -0.4 is 15.7 Å². The van der Waals surface area contributed by atoms with E-state index in [4.69, 9.17) is 10.6 Å². The number of carbonyl (C=O) groups excluding carboxylic acids is 1. The largest absolute Gasteiger partial charge is 0.394 e. The molecule has 25 heavy (non-hydrogen) atoms. The fourth-order valence-electron chi connectivity index (χ4n) is 2.28. The second-order valence-electron chi connectivity index (χ2n) is 5.55. The number of unbranched alkanes of at least 4 members (excludes halogenated alkanes) is 4. The Labute approximate surface area is 147 Å². The fraction of sp³-hybridized carbons (Fsp3) is 0.471. The summed E-state index contributed by atoms with van der Waals surface area (Å²) in [6, 6.07) is 2.89. The minimum atomic E-state index is -0.409. The van der Waals surface area contributed by atoms with E-state index in [0.717, 1.165) is 38.3 Å². The summed E-state index contributed by atoms with van der Waals surface area (Å²) in [5.41, 5.74) is 1.62. The smallest absolute Gasteiger partial charge is 0.243 e. The van der Waals surface area contributed by atoms with Gasteiger partial charge in [0.25, 0.3) is 0 Å². The lowest BCUT2D eigenvalue weighted by molar-refractivity contribution is -0.129. The Morgan fingerprint density at radius 2 is 2.04 bits per heavy atom. The van der Waals surface area contributed by atoms with Gasteiger partial charge in [-0.2, -0.15) is 0 Å². The number of carbonyl (C=O) groups is 1. The molecule has 0 aromatic carbocycles. The first-order chi connectivity index (χ1) is 12.1. The maximum Gasteiger partial charge on any atom is 0.243 e. The van der Waals surface area contributed by atoms with Crippen LogP contribution in [-0.2, 0) is 4.79 Å². The monoisotopic (exact) mass is 351 g/mol. The number of aromatic nitrogens is 1. The van der Waals surface area contributed by atoms with Crippen molar-refractivity contribution in [3.05, 3.63) is 36.4 Å². The van der Waals surface area contributed by atoms with Gasteiger partial charge < -0.3 is 10.2 Å². The molecular weight excluding hydrogens is 325 g/mol. The van der Waals surface area contributed by atoms with Crippen LogP contribution in [-0.4, -0.2) is 35.5 Å². The van der Waals surface area contributed by atoms with Crippen LogP contribution in [0.5, 0.6) is 0 Å². The van der Waals surface area contributed by atoms with Crippen LogP contribution in [0.1, 0.15) is 38.5 Å².